The van der Waals surface area contributed by atoms with Gasteiger partial charge in [0.05, 0.1) is 6.54 Å². The predicted octanol–water partition coefficient (Wildman–Crippen LogP) is 1.55. The largest absolute Gasteiger partial charge is 0.313 e. The minimum Gasteiger partial charge on any atom is -0.313 e. The summed E-state index contributed by atoms with van der Waals surface area (Å²) in [6, 6.07) is 10.1. The van der Waals surface area contributed by atoms with E-state index < -0.39 is 0 Å². The summed E-state index contributed by atoms with van der Waals surface area (Å²) in [5, 5.41) is 3.43. The zero-order chi connectivity index (χ0) is 12.1. The van der Waals surface area contributed by atoms with Gasteiger partial charge in [-0.2, -0.15) is 0 Å². The number of nitrogens with one attached hydrogen (secondary N) is 1. The van der Waals surface area contributed by atoms with E-state index in [1.54, 1.807) is 0 Å². The van der Waals surface area contributed by atoms with E-state index in [9.17, 15) is 4.79 Å². The lowest BCUT2D eigenvalue weighted by molar-refractivity contribution is 0.0934. The lowest BCUT2D eigenvalue weighted by atomic mass is 10.1. The number of carbonyl (C=O) groups excluding carboxylic acids is 1. The summed E-state index contributed by atoms with van der Waals surface area (Å²) >= 11 is 0. The molecule has 0 saturated carbocycles. The average Bonchev–Trinajstić information content (AvgIpc) is 2.56. The third-order valence-electron chi connectivity index (χ3n) is 3.26. The Morgan fingerprint density at radius 1 is 1.35 bits per heavy atom. The number of ketones is 1. The first-order valence-corrected chi connectivity index (χ1v) is 6.29. The first-order chi connectivity index (χ1) is 8.25. The van der Waals surface area contributed by atoms with Crippen molar-refractivity contribution in [2.24, 2.45) is 0 Å². The Hall–Kier alpha value is -1.19. The number of hydrogen-bond donors (Lipinski definition) is 1. The average molecular weight is 232 g/mol. The molecular weight excluding hydrogens is 212 g/mol. The second-order valence-corrected chi connectivity index (χ2v) is 4.71. The van der Waals surface area contributed by atoms with Crippen molar-refractivity contribution in [2.45, 2.75) is 19.4 Å². The summed E-state index contributed by atoms with van der Waals surface area (Å²) in [5.74, 6) is 0.222. The third kappa shape index (κ3) is 3.65. The minimum atomic E-state index is 0.222. The van der Waals surface area contributed by atoms with Gasteiger partial charge in [-0.25, -0.2) is 0 Å². The van der Waals surface area contributed by atoms with Crippen LogP contribution in [0.5, 0.6) is 0 Å². The lowest BCUT2D eigenvalue weighted by Gasteiger charge is -2.18. The molecule has 2 rings (SSSR count). The summed E-state index contributed by atoms with van der Waals surface area (Å²) < 4.78 is 0. The maximum Gasteiger partial charge on any atom is 0.176 e. The van der Waals surface area contributed by atoms with Crippen LogP contribution >= 0.6 is 0 Å². The highest BCUT2D eigenvalue weighted by atomic mass is 16.1. The summed E-state index contributed by atoms with van der Waals surface area (Å²) in [5.41, 5.74) is 0.817. The summed E-state index contributed by atoms with van der Waals surface area (Å²) in [7, 11) is 0. The fourth-order valence-corrected chi connectivity index (χ4v) is 2.14. The van der Waals surface area contributed by atoms with Crippen molar-refractivity contribution in [1.29, 1.82) is 0 Å². The Bertz CT molecular complexity index is 364. The zero-order valence-electron chi connectivity index (χ0n) is 10.4. The normalized spacial score (nSPS) is 22.1. The third-order valence-corrected chi connectivity index (χ3v) is 3.26. The Kier molecular flexibility index (Phi) is 4.29. The number of rotatable bonds is 3. The molecule has 3 nitrogen and oxygen atoms in total. The van der Waals surface area contributed by atoms with E-state index >= 15 is 0 Å². The molecule has 1 heterocycles. The Morgan fingerprint density at radius 2 is 2.12 bits per heavy atom. The molecule has 0 aliphatic carbocycles. The highest BCUT2D eigenvalue weighted by Gasteiger charge is 2.16. The molecule has 0 amide bonds. The SMILES string of the molecule is CC1CCN(CC(=O)c2ccccc2)CCN1. The van der Waals surface area contributed by atoms with E-state index in [0.717, 1.165) is 31.6 Å². The summed E-state index contributed by atoms with van der Waals surface area (Å²) in [6.45, 7) is 5.68. The molecule has 3 heteroatoms. The van der Waals surface area contributed by atoms with Gasteiger partial charge in [-0.05, 0) is 13.3 Å². The molecule has 0 spiro atoms. The fourth-order valence-electron chi connectivity index (χ4n) is 2.14. The monoisotopic (exact) mass is 232 g/mol. The van der Waals surface area contributed by atoms with Gasteiger partial charge >= 0.3 is 0 Å². The molecule has 0 aromatic heterocycles. The van der Waals surface area contributed by atoms with Gasteiger partial charge in [-0.3, -0.25) is 9.69 Å². The van der Waals surface area contributed by atoms with Crippen molar-refractivity contribution in [1.82, 2.24) is 10.2 Å². The fraction of sp³-hybridized carbons (Fsp3) is 0.500. The molecule has 1 saturated heterocycles. The van der Waals surface area contributed by atoms with E-state index in [1.165, 1.54) is 0 Å². The molecule has 0 bridgehead atoms. The van der Waals surface area contributed by atoms with Crippen LogP contribution < -0.4 is 5.32 Å². The smallest absolute Gasteiger partial charge is 0.176 e. The lowest BCUT2D eigenvalue weighted by Crippen LogP contribution is -2.33. The maximum absolute atomic E-state index is 12.0. The molecule has 0 radical (unpaired) electrons. The van der Waals surface area contributed by atoms with Crippen LogP contribution in [0.4, 0.5) is 0 Å². The van der Waals surface area contributed by atoms with Gasteiger partial charge in [0.15, 0.2) is 5.78 Å². The van der Waals surface area contributed by atoms with Crippen LogP contribution in [0.15, 0.2) is 30.3 Å². The van der Waals surface area contributed by atoms with Crippen LogP contribution in [-0.4, -0.2) is 42.9 Å². The van der Waals surface area contributed by atoms with Crippen LogP contribution in [0.3, 0.4) is 0 Å². The van der Waals surface area contributed by atoms with Gasteiger partial charge in [0.2, 0.25) is 0 Å². The number of benzene rings is 1. The first kappa shape index (κ1) is 12.3. The summed E-state index contributed by atoms with van der Waals surface area (Å²) in [6.07, 6.45) is 1.11. The molecule has 1 fully saturated rings. The topological polar surface area (TPSA) is 32.3 Å². The van der Waals surface area contributed by atoms with Gasteiger partial charge in [-0.15, -0.1) is 0 Å². The maximum atomic E-state index is 12.0. The molecule has 1 atom stereocenters. The Balaban J connectivity index is 1.90. The molecule has 1 aliphatic heterocycles. The second kappa shape index (κ2) is 5.94. The number of Topliss-reactive ketones (excluding diaryl/α,β-unsaturated/α-hetero) is 1. The van der Waals surface area contributed by atoms with E-state index in [1.807, 2.05) is 30.3 Å². The predicted molar refractivity (Wildman–Crippen MR) is 69.3 cm³/mol. The molecule has 1 aliphatic rings. The van der Waals surface area contributed by atoms with Gasteiger partial charge in [0.1, 0.15) is 0 Å². The number of hydrogen-bond acceptors (Lipinski definition) is 3. The standard InChI is InChI=1S/C14H20N2O/c1-12-7-9-16(10-8-15-12)11-14(17)13-5-3-2-4-6-13/h2-6,12,15H,7-11H2,1H3. The van der Waals surface area contributed by atoms with Crippen molar-refractivity contribution in [3.63, 3.8) is 0 Å². The zero-order valence-corrected chi connectivity index (χ0v) is 10.4. The highest BCUT2D eigenvalue weighted by Crippen LogP contribution is 2.05. The molecule has 1 aromatic rings. The second-order valence-electron chi connectivity index (χ2n) is 4.71. The molecular formula is C14H20N2O. The van der Waals surface area contributed by atoms with Gasteiger partial charge < -0.3 is 5.32 Å². The van der Waals surface area contributed by atoms with E-state index in [4.69, 9.17) is 0 Å². The van der Waals surface area contributed by atoms with Crippen molar-refractivity contribution in [2.75, 3.05) is 26.2 Å². The Morgan fingerprint density at radius 3 is 2.88 bits per heavy atom. The van der Waals surface area contributed by atoms with Crippen LogP contribution in [-0.2, 0) is 0 Å². The minimum absolute atomic E-state index is 0.222. The van der Waals surface area contributed by atoms with Gasteiger partial charge in [0.25, 0.3) is 0 Å². The van der Waals surface area contributed by atoms with Gasteiger partial charge in [0, 0.05) is 31.2 Å². The van der Waals surface area contributed by atoms with Crippen LogP contribution in [0, 0.1) is 0 Å². The van der Waals surface area contributed by atoms with Crippen molar-refractivity contribution < 1.29 is 4.79 Å². The van der Waals surface area contributed by atoms with E-state index in [0.29, 0.717) is 12.6 Å². The molecule has 1 unspecified atom stereocenters. The molecule has 1 N–H and O–H groups in total. The van der Waals surface area contributed by atoms with Crippen molar-refractivity contribution in [3.05, 3.63) is 35.9 Å². The van der Waals surface area contributed by atoms with Crippen molar-refractivity contribution in [3.8, 4) is 0 Å². The summed E-state index contributed by atoms with van der Waals surface area (Å²) in [4.78, 5) is 14.3. The van der Waals surface area contributed by atoms with Crippen molar-refractivity contribution >= 4 is 5.78 Å². The molecule has 1 aromatic carbocycles. The van der Waals surface area contributed by atoms with Crippen LogP contribution in [0.1, 0.15) is 23.7 Å². The first-order valence-electron chi connectivity index (χ1n) is 6.29. The van der Waals surface area contributed by atoms with Crippen LogP contribution in [0.25, 0.3) is 0 Å². The Labute approximate surface area is 103 Å². The van der Waals surface area contributed by atoms with E-state index in [-0.39, 0.29) is 5.78 Å². The van der Waals surface area contributed by atoms with Crippen LogP contribution in [0.2, 0.25) is 0 Å². The van der Waals surface area contributed by atoms with E-state index in [2.05, 4.69) is 17.1 Å². The number of nitrogens with zero attached hydrogens (tertiary/aromatic N) is 1. The number of carbonyl (C=O) groups is 1. The quantitative estimate of drug-likeness (QED) is 0.803. The highest BCUT2D eigenvalue weighted by molar-refractivity contribution is 5.97. The molecule has 17 heavy (non-hydrogen) atoms. The molecule has 92 valence electrons. The van der Waals surface area contributed by atoms with Gasteiger partial charge in [-0.1, -0.05) is 30.3 Å².